The molecular weight excluding hydrogens is 279 g/mol. The number of nitrogens with two attached hydrogens (primary N) is 1. The maximum absolute atomic E-state index is 12.6. The van der Waals surface area contributed by atoms with Gasteiger partial charge in [-0.15, -0.1) is 0 Å². The Kier molecular flexibility index (Phi) is 4.98. The van der Waals surface area contributed by atoms with Crippen molar-refractivity contribution in [1.82, 2.24) is 10.2 Å². The fourth-order valence-corrected chi connectivity index (χ4v) is 1.59. The molecule has 0 bridgehead atoms. The van der Waals surface area contributed by atoms with Gasteiger partial charge in [0.05, 0.1) is 13.2 Å². The highest BCUT2D eigenvalue weighted by atomic mass is 19.4. The summed E-state index contributed by atoms with van der Waals surface area (Å²) in [6, 6.07) is -1.08. The first-order chi connectivity index (χ1) is 9.07. The number of halogens is 3. The predicted molar refractivity (Wildman–Crippen MR) is 63.7 cm³/mol. The van der Waals surface area contributed by atoms with Crippen LogP contribution >= 0.6 is 0 Å². The number of ether oxygens (including phenoxy) is 1. The van der Waals surface area contributed by atoms with E-state index in [1.54, 1.807) is 0 Å². The summed E-state index contributed by atoms with van der Waals surface area (Å²) in [5, 5.41) is 2.01. The average molecular weight is 297 g/mol. The lowest BCUT2D eigenvalue weighted by Crippen LogP contribution is -2.64. The Hall–Kier alpha value is -1.35. The summed E-state index contributed by atoms with van der Waals surface area (Å²) < 4.78 is 42.8. The van der Waals surface area contributed by atoms with Crippen molar-refractivity contribution in [3.63, 3.8) is 0 Å². The van der Waals surface area contributed by atoms with E-state index in [1.165, 1.54) is 11.8 Å². The molecule has 2 unspecified atom stereocenters. The zero-order valence-electron chi connectivity index (χ0n) is 11.3. The van der Waals surface area contributed by atoms with Crippen molar-refractivity contribution in [2.24, 2.45) is 5.73 Å². The summed E-state index contributed by atoms with van der Waals surface area (Å²) in [7, 11) is 0. The SMILES string of the molecule is CC(NC(=O)C(C)(N)C(F)(F)F)C(=O)N1CCOCC1. The molecule has 20 heavy (non-hydrogen) atoms. The molecule has 2 atom stereocenters. The van der Waals surface area contributed by atoms with Gasteiger partial charge in [0.2, 0.25) is 11.8 Å². The fraction of sp³-hybridized carbons (Fsp3) is 0.818. The van der Waals surface area contributed by atoms with Crippen LogP contribution in [0.2, 0.25) is 0 Å². The lowest BCUT2D eigenvalue weighted by Gasteiger charge is -2.31. The summed E-state index contributed by atoms with van der Waals surface area (Å²) in [5.41, 5.74) is 1.95. The Morgan fingerprint density at radius 3 is 2.25 bits per heavy atom. The van der Waals surface area contributed by atoms with E-state index >= 15 is 0 Å². The van der Waals surface area contributed by atoms with Gasteiger partial charge in [0.25, 0.3) is 0 Å². The van der Waals surface area contributed by atoms with Crippen LogP contribution in [0.15, 0.2) is 0 Å². The number of hydrogen-bond donors (Lipinski definition) is 2. The van der Waals surface area contributed by atoms with E-state index in [0.717, 1.165) is 0 Å². The summed E-state index contributed by atoms with van der Waals surface area (Å²) >= 11 is 0. The van der Waals surface area contributed by atoms with Crippen LogP contribution in [0.25, 0.3) is 0 Å². The van der Waals surface area contributed by atoms with Crippen LogP contribution in [0, 0.1) is 0 Å². The van der Waals surface area contributed by atoms with Crippen molar-refractivity contribution in [3.05, 3.63) is 0 Å². The van der Waals surface area contributed by atoms with Crippen LogP contribution in [0.5, 0.6) is 0 Å². The van der Waals surface area contributed by atoms with Gasteiger partial charge in [-0.3, -0.25) is 9.59 Å². The van der Waals surface area contributed by atoms with Gasteiger partial charge in [-0.05, 0) is 13.8 Å². The maximum Gasteiger partial charge on any atom is 0.415 e. The van der Waals surface area contributed by atoms with Crippen LogP contribution in [0.1, 0.15) is 13.8 Å². The van der Waals surface area contributed by atoms with Crippen LogP contribution < -0.4 is 11.1 Å². The van der Waals surface area contributed by atoms with Gasteiger partial charge in [-0.2, -0.15) is 13.2 Å². The summed E-state index contributed by atoms with van der Waals surface area (Å²) in [6.07, 6.45) is -4.89. The van der Waals surface area contributed by atoms with E-state index in [1.807, 2.05) is 5.32 Å². The standard InChI is InChI=1S/C11H18F3N3O3/c1-7(8(18)17-3-5-20-6-4-17)16-9(19)10(2,15)11(12,13)14/h7H,3-6,15H2,1-2H3,(H,16,19). The zero-order chi connectivity index (χ0) is 15.6. The summed E-state index contributed by atoms with van der Waals surface area (Å²) in [4.78, 5) is 24.9. The Labute approximate surface area is 114 Å². The highest BCUT2D eigenvalue weighted by molar-refractivity contribution is 5.92. The van der Waals surface area contributed by atoms with E-state index in [9.17, 15) is 22.8 Å². The second-order valence-corrected chi connectivity index (χ2v) is 4.83. The molecule has 0 radical (unpaired) electrons. The zero-order valence-corrected chi connectivity index (χ0v) is 11.3. The smallest absolute Gasteiger partial charge is 0.378 e. The van der Waals surface area contributed by atoms with E-state index in [0.29, 0.717) is 33.2 Å². The minimum absolute atomic E-state index is 0.345. The van der Waals surface area contributed by atoms with Gasteiger partial charge in [-0.1, -0.05) is 0 Å². The van der Waals surface area contributed by atoms with Gasteiger partial charge in [-0.25, -0.2) is 0 Å². The third-order valence-electron chi connectivity index (χ3n) is 3.10. The Bertz CT molecular complexity index is 379. The van der Waals surface area contributed by atoms with E-state index in [4.69, 9.17) is 10.5 Å². The quantitative estimate of drug-likeness (QED) is 0.744. The number of carbonyl (C=O) groups excluding carboxylic acids is 2. The number of amides is 2. The number of rotatable bonds is 3. The molecule has 0 aliphatic carbocycles. The lowest BCUT2D eigenvalue weighted by atomic mass is 10.0. The fourth-order valence-electron chi connectivity index (χ4n) is 1.59. The van der Waals surface area contributed by atoms with Crippen LogP contribution in [0.4, 0.5) is 13.2 Å². The number of nitrogens with one attached hydrogen (secondary N) is 1. The van der Waals surface area contributed by atoms with E-state index in [-0.39, 0.29) is 0 Å². The maximum atomic E-state index is 12.6. The number of nitrogens with zero attached hydrogens (tertiary/aromatic N) is 1. The minimum Gasteiger partial charge on any atom is -0.378 e. The minimum atomic E-state index is -4.89. The molecule has 1 fully saturated rings. The molecule has 9 heteroatoms. The Balaban J connectivity index is 2.63. The molecule has 6 nitrogen and oxygen atoms in total. The molecule has 0 aromatic heterocycles. The molecule has 0 saturated carbocycles. The monoisotopic (exact) mass is 297 g/mol. The number of carbonyl (C=O) groups is 2. The number of alkyl halides is 3. The van der Waals surface area contributed by atoms with E-state index in [2.05, 4.69) is 0 Å². The molecule has 2 amide bonds. The van der Waals surface area contributed by atoms with Gasteiger partial charge in [0, 0.05) is 13.1 Å². The first-order valence-corrected chi connectivity index (χ1v) is 6.10. The van der Waals surface area contributed by atoms with Crippen molar-refractivity contribution in [3.8, 4) is 0 Å². The molecule has 3 N–H and O–H groups in total. The van der Waals surface area contributed by atoms with Crippen LogP contribution in [0.3, 0.4) is 0 Å². The van der Waals surface area contributed by atoms with Gasteiger partial charge in [0.1, 0.15) is 6.04 Å². The highest BCUT2D eigenvalue weighted by Crippen LogP contribution is 2.28. The first-order valence-electron chi connectivity index (χ1n) is 6.10. The number of hydrogen-bond acceptors (Lipinski definition) is 4. The summed E-state index contributed by atoms with van der Waals surface area (Å²) in [5.74, 6) is -1.89. The summed E-state index contributed by atoms with van der Waals surface area (Å²) in [6.45, 7) is 3.31. The highest BCUT2D eigenvalue weighted by Gasteiger charge is 2.54. The second-order valence-electron chi connectivity index (χ2n) is 4.83. The normalized spacial score (nSPS) is 21.0. The predicted octanol–water partition coefficient (Wildman–Crippen LogP) is -0.370. The van der Waals surface area contributed by atoms with Crippen molar-refractivity contribution in [2.45, 2.75) is 31.6 Å². The molecule has 0 aromatic rings. The molecular formula is C11H18F3N3O3. The molecule has 1 aliphatic heterocycles. The third kappa shape index (κ3) is 3.60. The third-order valence-corrected chi connectivity index (χ3v) is 3.10. The molecule has 1 saturated heterocycles. The largest absolute Gasteiger partial charge is 0.415 e. The molecule has 1 aliphatic rings. The Morgan fingerprint density at radius 1 is 1.30 bits per heavy atom. The Morgan fingerprint density at radius 2 is 1.80 bits per heavy atom. The molecule has 0 spiro atoms. The molecule has 116 valence electrons. The van der Waals surface area contributed by atoms with Crippen LogP contribution in [-0.2, 0) is 14.3 Å². The number of morpholine rings is 1. The van der Waals surface area contributed by atoms with Crippen molar-refractivity contribution in [1.29, 1.82) is 0 Å². The van der Waals surface area contributed by atoms with Gasteiger partial charge in [0.15, 0.2) is 5.54 Å². The molecule has 0 aromatic carbocycles. The van der Waals surface area contributed by atoms with Crippen molar-refractivity contribution in [2.75, 3.05) is 26.3 Å². The van der Waals surface area contributed by atoms with Crippen molar-refractivity contribution < 1.29 is 27.5 Å². The van der Waals surface area contributed by atoms with Gasteiger partial charge < -0.3 is 20.7 Å². The van der Waals surface area contributed by atoms with E-state index < -0.39 is 29.6 Å². The lowest BCUT2D eigenvalue weighted by molar-refractivity contribution is -0.188. The topological polar surface area (TPSA) is 84.7 Å². The van der Waals surface area contributed by atoms with Crippen molar-refractivity contribution >= 4 is 11.8 Å². The van der Waals surface area contributed by atoms with Gasteiger partial charge >= 0.3 is 6.18 Å². The van der Waals surface area contributed by atoms with Crippen LogP contribution in [-0.4, -0.2) is 60.8 Å². The average Bonchev–Trinajstić information content (AvgIpc) is 2.37. The second kappa shape index (κ2) is 5.96. The molecule has 1 rings (SSSR count). The first kappa shape index (κ1) is 16.7. The molecule has 1 heterocycles.